The van der Waals surface area contributed by atoms with Crippen molar-refractivity contribution >= 4 is 16.0 Å². The summed E-state index contributed by atoms with van der Waals surface area (Å²) in [6, 6.07) is 2.08. The lowest BCUT2D eigenvalue weighted by atomic mass is 10.0. The highest BCUT2D eigenvalue weighted by Gasteiger charge is 2.35. The van der Waals surface area contributed by atoms with Crippen molar-refractivity contribution in [2.45, 2.75) is 25.7 Å². The molecule has 2 unspecified atom stereocenters. The van der Waals surface area contributed by atoms with Crippen LogP contribution in [-0.2, 0) is 10.0 Å². The van der Waals surface area contributed by atoms with Crippen molar-refractivity contribution in [3.63, 3.8) is 0 Å². The third-order valence-corrected chi connectivity index (χ3v) is 5.86. The second-order valence-corrected chi connectivity index (χ2v) is 7.62. The van der Waals surface area contributed by atoms with Crippen LogP contribution in [0.15, 0.2) is 17.0 Å². The molecule has 1 heterocycles. The fourth-order valence-electron chi connectivity index (χ4n) is 2.46. The lowest BCUT2D eigenvalue weighted by molar-refractivity contribution is 0.0691. The molecule has 1 aliphatic rings. The third kappa shape index (κ3) is 2.80. The Kier molecular flexibility index (Phi) is 4.08. The van der Waals surface area contributed by atoms with Crippen LogP contribution in [0.2, 0.25) is 0 Å². The number of carboxylic acids is 1. The molecule has 2 rings (SSSR count). The van der Waals surface area contributed by atoms with Gasteiger partial charge in [-0.1, -0.05) is 13.8 Å². The van der Waals surface area contributed by atoms with Gasteiger partial charge < -0.3 is 5.11 Å². The van der Waals surface area contributed by atoms with Crippen LogP contribution in [0.1, 0.15) is 29.8 Å². The molecule has 0 bridgehead atoms. The molecule has 0 radical (unpaired) electrons. The normalized spacial score (nSPS) is 23.4. The molecule has 7 heteroatoms. The highest BCUT2D eigenvalue weighted by molar-refractivity contribution is 7.89. The van der Waals surface area contributed by atoms with E-state index >= 15 is 0 Å². The summed E-state index contributed by atoms with van der Waals surface area (Å²) in [6.45, 7) is 6.08. The molecule has 1 fully saturated rings. The lowest BCUT2D eigenvalue weighted by Gasteiger charge is -2.17. The average molecular weight is 315 g/mol. The Balaban J connectivity index is 2.49. The predicted octanol–water partition coefficient (Wildman–Crippen LogP) is 2.11. The summed E-state index contributed by atoms with van der Waals surface area (Å²) in [7, 11) is -3.80. The summed E-state index contributed by atoms with van der Waals surface area (Å²) in [6.07, 6.45) is 0. The van der Waals surface area contributed by atoms with Gasteiger partial charge in [0, 0.05) is 13.1 Å². The predicted molar refractivity (Wildman–Crippen MR) is 75.2 cm³/mol. The van der Waals surface area contributed by atoms with E-state index in [-0.39, 0.29) is 22.3 Å². The topological polar surface area (TPSA) is 74.7 Å². The number of carbonyl (C=O) groups is 1. The molecule has 5 nitrogen and oxygen atoms in total. The van der Waals surface area contributed by atoms with Gasteiger partial charge in [0.05, 0.1) is 10.5 Å². The number of rotatable bonds is 3. The van der Waals surface area contributed by atoms with Gasteiger partial charge in [-0.05, 0) is 36.5 Å². The highest BCUT2D eigenvalue weighted by atomic mass is 32.2. The molecule has 0 amide bonds. The monoisotopic (exact) mass is 315 g/mol. The van der Waals surface area contributed by atoms with Crippen LogP contribution < -0.4 is 0 Å². The minimum atomic E-state index is -3.80. The van der Waals surface area contributed by atoms with E-state index in [0.717, 1.165) is 6.07 Å². The van der Waals surface area contributed by atoms with E-state index in [4.69, 9.17) is 5.11 Å². The van der Waals surface area contributed by atoms with Crippen molar-refractivity contribution in [1.29, 1.82) is 0 Å². The number of hydrogen-bond donors (Lipinski definition) is 1. The molecule has 2 atom stereocenters. The smallest absolute Gasteiger partial charge is 0.338 e. The van der Waals surface area contributed by atoms with E-state index in [1.807, 2.05) is 13.8 Å². The minimum absolute atomic E-state index is 0.00812. The first kappa shape index (κ1) is 15.9. The zero-order valence-corrected chi connectivity index (χ0v) is 12.9. The number of nitrogens with zero attached hydrogens (tertiary/aromatic N) is 1. The van der Waals surface area contributed by atoms with Crippen LogP contribution in [0.4, 0.5) is 4.39 Å². The van der Waals surface area contributed by atoms with Gasteiger partial charge in [0.15, 0.2) is 0 Å². The zero-order chi connectivity index (χ0) is 15.9. The zero-order valence-electron chi connectivity index (χ0n) is 12.1. The second kappa shape index (κ2) is 5.38. The molecular formula is C14H18FNO4S. The Hall–Kier alpha value is -1.47. The van der Waals surface area contributed by atoms with Crippen LogP contribution in [0.5, 0.6) is 0 Å². The first-order chi connectivity index (χ1) is 9.64. The average Bonchev–Trinajstić information content (AvgIpc) is 2.73. The number of sulfonamides is 1. The van der Waals surface area contributed by atoms with Gasteiger partial charge in [-0.2, -0.15) is 4.31 Å². The fourth-order valence-corrected chi connectivity index (χ4v) is 4.22. The second-order valence-electron chi connectivity index (χ2n) is 5.68. The number of aromatic carboxylic acids is 1. The third-order valence-electron chi connectivity index (χ3n) is 4.05. The minimum Gasteiger partial charge on any atom is -0.478 e. The highest BCUT2D eigenvalue weighted by Crippen LogP contribution is 2.29. The number of benzene rings is 1. The molecule has 1 aromatic carbocycles. The molecule has 0 spiro atoms. The standard InChI is InChI=1S/C14H18FNO4S/c1-8-4-11(5-12(13(8)15)14(17)18)21(19,20)16-6-9(2)10(3)7-16/h4-5,9-10H,6-7H2,1-3H3,(H,17,18). The lowest BCUT2D eigenvalue weighted by Crippen LogP contribution is -2.29. The van der Waals surface area contributed by atoms with E-state index in [1.54, 1.807) is 0 Å². The molecule has 1 aliphatic heterocycles. The number of aryl methyl sites for hydroxylation is 1. The maximum Gasteiger partial charge on any atom is 0.338 e. The Morgan fingerprint density at radius 3 is 2.29 bits per heavy atom. The first-order valence-corrected chi connectivity index (χ1v) is 8.12. The van der Waals surface area contributed by atoms with Gasteiger partial charge in [-0.15, -0.1) is 0 Å². The summed E-state index contributed by atoms with van der Waals surface area (Å²) >= 11 is 0. The van der Waals surface area contributed by atoms with Gasteiger partial charge in [-0.25, -0.2) is 17.6 Å². The van der Waals surface area contributed by atoms with Crippen LogP contribution in [0.25, 0.3) is 0 Å². The Morgan fingerprint density at radius 2 is 1.81 bits per heavy atom. The molecule has 1 aromatic rings. The SMILES string of the molecule is Cc1cc(S(=O)(=O)N2CC(C)C(C)C2)cc(C(=O)O)c1F. The summed E-state index contributed by atoms with van der Waals surface area (Å²) < 4.78 is 40.2. The van der Waals surface area contributed by atoms with Crippen molar-refractivity contribution in [2.75, 3.05) is 13.1 Å². The van der Waals surface area contributed by atoms with Crippen molar-refractivity contribution in [3.05, 3.63) is 29.1 Å². The number of halogens is 1. The largest absolute Gasteiger partial charge is 0.478 e. The molecule has 21 heavy (non-hydrogen) atoms. The van der Waals surface area contributed by atoms with Crippen molar-refractivity contribution in [3.8, 4) is 0 Å². The quantitative estimate of drug-likeness (QED) is 0.927. The van der Waals surface area contributed by atoms with Crippen LogP contribution in [0.3, 0.4) is 0 Å². The molecule has 0 aliphatic carbocycles. The number of hydrogen-bond acceptors (Lipinski definition) is 3. The van der Waals surface area contributed by atoms with E-state index in [1.165, 1.54) is 17.3 Å². The summed E-state index contributed by atoms with van der Waals surface area (Å²) in [4.78, 5) is 10.9. The van der Waals surface area contributed by atoms with Crippen molar-refractivity contribution in [1.82, 2.24) is 4.31 Å². The van der Waals surface area contributed by atoms with Gasteiger partial charge in [0.2, 0.25) is 10.0 Å². The maximum absolute atomic E-state index is 13.7. The Bertz CT molecular complexity index is 676. The first-order valence-electron chi connectivity index (χ1n) is 6.68. The summed E-state index contributed by atoms with van der Waals surface area (Å²) in [5.74, 6) is -1.90. The maximum atomic E-state index is 13.7. The van der Waals surface area contributed by atoms with Crippen LogP contribution in [-0.4, -0.2) is 36.9 Å². The summed E-state index contributed by atoms with van der Waals surface area (Å²) in [5.41, 5.74) is -0.609. The summed E-state index contributed by atoms with van der Waals surface area (Å²) in [5, 5.41) is 8.98. The molecule has 1 saturated heterocycles. The van der Waals surface area contributed by atoms with E-state index < -0.39 is 27.4 Å². The van der Waals surface area contributed by atoms with Crippen molar-refractivity contribution < 1.29 is 22.7 Å². The van der Waals surface area contributed by atoms with Gasteiger partial charge in [0.25, 0.3) is 0 Å². The van der Waals surface area contributed by atoms with Gasteiger partial charge in [-0.3, -0.25) is 0 Å². The van der Waals surface area contributed by atoms with Crippen LogP contribution >= 0.6 is 0 Å². The Labute approximate surface area is 123 Å². The number of carboxylic acid groups (broad SMARTS) is 1. The molecule has 116 valence electrons. The van der Waals surface area contributed by atoms with Crippen molar-refractivity contribution in [2.24, 2.45) is 11.8 Å². The molecular weight excluding hydrogens is 297 g/mol. The Morgan fingerprint density at radius 1 is 1.29 bits per heavy atom. The van der Waals surface area contributed by atoms with Crippen LogP contribution in [0, 0.1) is 24.6 Å². The van der Waals surface area contributed by atoms with E-state index in [9.17, 15) is 17.6 Å². The molecule has 1 N–H and O–H groups in total. The van der Waals surface area contributed by atoms with E-state index in [0.29, 0.717) is 13.1 Å². The van der Waals surface area contributed by atoms with Gasteiger partial charge in [0.1, 0.15) is 5.82 Å². The van der Waals surface area contributed by atoms with E-state index in [2.05, 4.69) is 0 Å². The molecule has 0 aromatic heterocycles. The fraction of sp³-hybridized carbons (Fsp3) is 0.500. The van der Waals surface area contributed by atoms with Gasteiger partial charge >= 0.3 is 5.97 Å². The molecule has 0 saturated carbocycles.